The molecule has 0 bridgehead atoms. The molecule has 3 rings (SSSR count). The summed E-state index contributed by atoms with van der Waals surface area (Å²) in [6.07, 6.45) is 1.58. The summed E-state index contributed by atoms with van der Waals surface area (Å²) in [5, 5.41) is 0. The second-order valence-electron chi connectivity index (χ2n) is 4.52. The molecule has 1 atom stereocenters. The van der Waals surface area contributed by atoms with Crippen molar-refractivity contribution in [1.29, 1.82) is 0 Å². The van der Waals surface area contributed by atoms with E-state index in [9.17, 15) is 4.79 Å². The molecule has 0 fully saturated rings. The Morgan fingerprint density at radius 1 is 1.42 bits per heavy atom. The van der Waals surface area contributed by atoms with E-state index in [1.54, 1.807) is 6.20 Å². The average Bonchev–Trinajstić information content (AvgIpc) is 2.79. The monoisotopic (exact) mass is 258 g/mol. The molecule has 0 radical (unpaired) electrons. The van der Waals surface area contributed by atoms with Crippen molar-refractivity contribution in [2.24, 2.45) is 0 Å². The fraction of sp³-hybridized carbons (Fsp3) is 0.286. The minimum absolute atomic E-state index is 0.117. The predicted octanol–water partition coefficient (Wildman–Crippen LogP) is 1.39. The molecule has 2 aromatic rings. The van der Waals surface area contributed by atoms with E-state index in [4.69, 9.17) is 9.47 Å². The van der Waals surface area contributed by atoms with Gasteiger partial charge in [-0.2, -0.15) is 4.98 Å². The topological polar surface area (TPSA) is 53.4 Å². The zero-order valence-electron chi connectivity index (χ0n) is 10.6. The normalized spacial score (nSPS) is 16.8. The third-order valence-corrected chi connectivity index (χ3v) is 3.04. The van der Waals surface area contributed by atoms with Gasteiger partial charge in [0.05, 0.1) is 6.54 Å². The maximum atomic E-state index is 11.1. The van der Waals surface area contributed by atoms with Crippen molar-refractivity contribution < 1.29 is 9.47 Å². The summed E-state index contributed by atoms with van der Waals surface area (Å²) in [5.41, 5.74) is 0.803. The molecule has 19 heavy (non-hydrogen) atoms. The highest BCUT2D eigenvalue weighted by atomic mass is 16.6. The summed E-state index contributed by atoms with van der Waals surface area (Å²) in [6, 6.07) is 9.63. The molecule has 1 aliphatic rings. The van der Waals surface area contributed by atoms with Crippen LogP contribution in [0.2, 0.25) is 0 Å². The molecule has 0 amide bonds. The minimum Gasteiger partial charge on any atom is -0.489 e. The minimum atomic E-state index is -0.285. The fourth-order valence-corrected chi connectivity index (χ4v) is 2.04. The smallest absolute Gasteiger partial charge is 0.300 e. The molecule has 2 heterocycles. The number of hydrogen-bond acceptors (Lipinski definition) is 4. The molecule has 1 aliphatic heterocycles. The molecule has 98 valence electrons. The SMILES string of the molecule is Cc1ccccc1OCC1Cn2ccc(=O)nc2O1. The van der Waals surface area contributed by atoms with Crippen molar-refractivity contribution in [3.63, 3.8) is 0 Å². The Morgan fingerprint density at radius 2 is 2.26 bits per heavy atom. The first-order valence-electron chi connectivity index (χ1n) is 6.15. The Bertz CT molecular complexity index is 651. The number of rotatable bonds is 3. The van der Waals surface area contributed by atoms with Gasteiger partial charge in [0, 0.05) is 12.3 Å². The van der Waals surface area contributed by atoms with Crippen LogP contribution in [0.25, 0.3) is 0 Å². The van der Waals surface area contributed by atoms with E-state index in [1.807, 2.05) is 35.8 Å². The highest BCUT2D eigenvalue weighted by Crippen LogP contribution is 2.20. The molecule has 1 unspecified atom stereocenters. The number of hydrogen-bond donors (Lipinski definition) is 0. The summed E-state index contributed by atoms with van der Waals surface area (Å²) < 4.78 is 13.1. The number of benzene rings is 1. The van der Waals surface area contributed by atoms with Gasteiger partial charge >= 0.3 is 0 Å². The third-order valence-electron chi connectivity index (χ3n) is 3.04. The first-order valence-corrected chi connectivity index (χ1v) is 6.15. The van der Waals surface area contributed by atoms with Crippen LogP contribution in [-0.4, -0.2) is 22.3 Å². The maximum Gasteiger partial charge on any atom is 0.300 e. The van der Waals surface area contributed by atoms with Crippen molar-refractivity contribution >= 4 is 0 Å². The zero-order valence-corrected chi connectivity index (χ0v) is 10.6. The van der Waals surface area contributed by atoms with Gasteiger partial charge in [-0.25, -0.2) is 0 Å². The first-order chi connectivity index (χ1) is 9.22. The fourth-order valence-electron chi connectivity index (χ4n) is 2.04. The van der Waals surface area contributed by atoms with E-state index in [-0.39, 0.29) is 11.7 Å². The number of aryl methyl sites for hydroxylation is 1. The average molecular weight is 258 g/mol. The Labute approximate surface area is 110 Å². The van der Waals surface area contributed by atoms with Crippen LogP contribution in [0.15, 0.2) is 41.3 Å². The van der Waals surface area contributed by atoms with Crippen LogP contribution < -0.4 is 15.0 Å². The molecular weight excluding hydrogens is 244 g/mol. The van der Waals surface area contributed by atoms with Crippen LogP contribution in [0.4, 0.5) is 0 Å². The molecule has 5 nitrogen and oxygen atoms in total. The summed E-state index contributed by atoms with van der Waals surface area (Å²) in [5.74, 6) is 0.851. The first kappa shape index (κ1) is 11.8. The van der Waals surface area contributed by atoms with Crippen molar-refractivity contribution in [2.45, 2.75) is 19.6 Å². The lowest BCUT2D eigenvalue weighted by Crippen LogP contribution is -2.23. The Morgan fingerprint density at radius 3 is 3.11 bits per heavy atom. The van der Waals surface area contributed by atoms with Crippen LogP contribution in [-0.2, 0) is 6.54 Å². The standard InChI is InChI=1S/C14H14N2O3/c1-10-4-2-3-5-12(10)18-9-11-8-16-7-6-13(17)15-14(16)19-11/h2-7,11H,8-9H2,1H3. The molecule has 1 aromatic carbocycles. The zero-order chi connectivity index (χ0) is 13.2. The Balaban J connectivity index is 1.65. The Hall–Kier alpha value is -2.30. The van der Waals surface area contributed by atoms with E-state index in [2.05, 4.69) is 4.98 Å². The van der Waals surface area contributed by atoms with Gasteiger partial charge in [-0.15, -0.1) is 0 Å². The number of para-hydroxylation sites is 1. The summed E-state index contributed by atoms with van der Waals surface area (Å²) in [6.45, 7) is 3.08. The highest BCUT2D eigenvalue weighted by molar-refractivity contribution is 5.31. The van der Waals surface area contributed by atoms with Gasteiger partial charge < -0.3 is 9.47 Å². The lowest BCUT2D eigenvalue weighted by Gasteiger charge is -2.12. The summed E-state index contributed by atoms with van der Waals surface area (Å²) in [4.78, 5) is 14.9. The number of fused-ring (bicyclic) bond motifs is 1. The van der Waals surface area contributed by atoms with Crippen LogP contribution in [0.3, 0.4) is 0 Å². The van der Waals surface area contributed by atoms with Gasteiger partial charge in [-0.1, -0.05) is 18.2 Å². The van der Waals surface area contributed by atoms with Gasteiger partial charge in [-0.3, -0.25) is 9.36 Å². The molecule has 0 saturated carbocycles. The summed E-state index contributed by atoms with van der Waals surface area (Å²) in [7, 11) is 0. The van der Waals surface area contributed by atoms with Gasteiger partial charge in [-0.05, 0) is 18.6 Å². The molecule has 0 saturated heterocycles. The molecule has 1 aromatic heterocycles. The van der Waals surface area contributed by atoms with Gasteiger partial charge in [0.1, 0.15) is 12.4 Å². The number of ether oxygens (including phenoxy) is 2. The van der Waals surface area contributed by atoms with E-state index in [0.29, 0.717) is 19.2 Å². The third kappa shape index (κ3) is 2.45. The largest absolute Gasteiger partial charge is 0.489 e. The Kier molecular flexibility index (Phi) is 2.95. The van der Waals surface area contributed by atoms with Gasteiger partial charge in [0.25, 0.3) is 11.6 Å². The van der Waals surface area contributed by atoms with Crippen LogP contribution in [0, 0.1) is 6.92 Å². The van der Waals surface area contributed by atoms with Crippen molar-refractivity contribution in [2.75, 3.05) is 6.61 Å². The second-order valence-corrected chi connectivity index (χ2v) is 4.52. The van der Waals surface area contributed by atoms with E-state index < -0.39 is 0 Å². The van der Waals surface area contributed by atoms with E-state index in [1.165, 1.54) is 6.07 Å². The molecular formula is C14H14N2O3. The second kappa shape index (κ2) is 4.76. The predicted molar refractivity (Wildman–Crippen MR) is 69.6 cm³/mol. The van der Waals surface area contributed by atoms with E-state index >= 15 is 0 Å². The van der Waals surface area contributed by atoms with Gasteiger partial charge in [0.2, 0.25) is 0 Å². The molecule has 0 aliphatic carbocycles. The van der Waals surface area contributed by atoms with Crippen molar-refractivity contribution in [1.82, 2.24) is 9.55 Å². The number of aromatic nitrogens is 2. The molecule has 0 N–H and O–H groups in total. The highest BCUT2D eigenvalue weighted by Gasteiger charge is 2.23. The maximum absolute atomic E-state index is 11.1. The lowest BCUT2D eigenvalue weighted by molar-refractivity contribution is 0.143. The molecule has 0 spiro atoms. The lowest BCUT2D eigenvalue weighted by atomic mass is 10.2. The van der Waals surface area contributed by atoms with Crippen LogP contribution in [0.1, 0.15) is 5.56 Å². The number of nitrogens with zero attached hydrogens (tertiary/aromatic N) is 2. The van der Waals surface area contributed by atoms with Crippen LogP contribution in [0.5, 0.6) is 11.8 Å². The van der Waals surface area contributed by atoms with E-state index in [0.717, 1.165) is 11.3 Å². The quantitative estimate of drug-likeness (QED) is 0.835. The molecule has 5 heteroatoms. The van der Waals surface area contributed by atoms with Gasteiger partial charge in [0.15, 0.2) is 6.10 Å². The van der Waals surface area contributed by atoms with Crippen LogP contribution >= 0.6 is 0 Å². The summed E-state index contributed by atoms with van der Waals surface area (Å²) >= 11 is 0. The van der Waals surface area contributed by atoms with Crippen molar-refractivity contribution in [3.8, 4) is 11.8 Å². The van der Waals surface area contributed by atoms with Crippen molar-refractivity contribution in [3.05, 3.63) is 52.4 Å².